The van der Waals surface area contributed by atoms with Crippen LogP contribution in [0.3, 0.4) is 0 Å². The Hall–Kier alpha value is -1.88. The van der Waals surface area contributed by atoms with Crippen molar-refractivity contribution in [2.24, 2.45) is 11.8 Å². The largest absolute Gasteiger partial charge is 0.462 e. The Labute approximate surface area is 135 Å². The molecule has 0 unspecified atom stereocenters. The molecule has 1 aromatic carbocycles. The van der Waals surface area contributed by atoms with E-state index in [0.29, 0.717) is 28.9 Å². The quantitative estimate of drug-likeness (QED) is 0.837. The number of ether oxygens (including phenoxy) is 1. The number of benzene rings is 1. The van der Waals surface area contributed by atoms with Gasteiger partial charge >= 0.3 is 6.01 Å². The van der Waals surface area contributed by atoms with Gasteiger partial charge in [-0.1, -0.05) is 51.4 Å². The number of nitrogens with zero attached hydrogens (tertiary/aromatic N) is 3. The van der Waals surface area contributed by atoms with Crippen molar-refractivity contribution in [3.63, 3.8) is 0 Å². The molecule has 0 saturated carbocycles. The molecule has 5 nitrogen and oxygen atoms in total. The molecule has 0 aliphatic heterocycles. The van der Waals surface area contributed by atoms with Gasteiger partial charge in [0.1, 0.15) is 0 Å². The Balaban J connectivity index is 2.46. The SMILES string of the molecule is CC(C)COc1nc(-c2ccccc2Cl)n(C(=O)C(C)C)n1. The molecule has 0 spiro atoms. The molecule has 0 atom stereocenters. The molecule has 0 amide bonds. The topological polar surface area (TPSA) is 57.0 Å². The van der Waals surface area contributed by atoms with Crippen LogP contribution in [0.2, 0.25) is 5.02 Å². The van der Waals surface area contributed by atoms with Gasteiger partial charge in [-0.25, -0.2) is 0 Å². The van der Waals surface area contributed by atoms with Gasteiger partial charge in [-0.3, -0.25) is 4.79 Å². The molecule has 0 N–H and O–H groups in total. The molecule has 0 fully saturated rings. The van der Waals surface area contributed by atoms with Crippen molar-refractivity contribution in [3.05, 3.63) is 29.3 Å². The molecule has 0 radical (unpaired) electrons. The van der Waals surface area contributed by atoms with Gasteiger partial charge in [-0.05, 0) is 18.1 Å². The average molecular weight is 322 g/mol. The van der Waals surface area contributed by atoms with Crippen molar-refractivity contribution < 1.29 is 9.53 Å². The van der Waals surface area contributed by atoms with Crippen LogP contribution in [0.25, 0.3) is 11.4 Å². The van der Waals surface area contributed by atoms with E-state index >= 15 is 0 Å². The van der Waals surface area contributed by atoms with E-state index < -0.39 is 0 Å². The number of rotatable bonds is 5. The lowest BCUT2D eigenvalue weighted by Gasteiger charge is -2.07. The van der Waals surface area contributed by atoms with Crippen LogP contribution in [0.15, 0.2) is 24.3 Å². The minimum Gasteiger partial charge on any atom is -0.462 e. The maximum Gasteiger partial charge on any atom is 0.336 e. The first-order chi connectivity index (χ1) is 10.4. The average Bonchev–Trinajstić information content (AvgIpc) is 2.88. The molecule has 118 valence electrons. The van der Waals surface area contributed by atoms with Crippen molar-refractivity contribution in [1.82, 2.24) is 14.8 Å². The molecular weight excluding hydrogens is 302 g/mol. The molecule has 6 heteroatoms. The fraction of sp³-hybridized carbons (Fsp3) is 0.438. The van der Waals surface area contributed by atoms with E-state index in [1.807, 2.05) is 45.9 Å². The lowest BCUT2D eigenvalue weighted by molar-refractivity contribution is 0.0838. The highest BCUT2D eigenvalue weighted by molar-refractivity contribution is 6.33. The molecular formula is C16H20ClN3O2. The summed E-state index contributed by atoms with van der Waals surface area (Å²) in [7, 11) is 0. The normalized spacial score (nSPS) is 11.2. The first-order valence-electron chi connectivity index (χ1n) is 7.29. The third-order valence-corrected chi connectivity index (χ3v) is 3.28. The molecule has 0 saturated heterocycles. The first-order valence-corrected chi connectivity index (χ1v) is 7.67. The molecule has 2 aromatic rings. The summed E-state index contributed by atoms with van der Waals surface area (Å²) >= 11 is 6.22. The molecule has 0 bridgehead atoms. The number of halogens is 1. The fourth-order valence-corrected chi connectivity index (χ4v) is 2.03. The molecule has 22 heavy (non-hydrogen) atoms. The zero-order valence-corrected chi connectivity index (χ0v) is 14.0. The number of carbonyl (C=O) groups is 1. The Bertz CT molecular complexity index is 665. The third-order valence-electron chi connectivity index (χ3n) is 2.95. The summed E-state index contributed by atoms with van der Waals surface area (Å²) in [6.45, 7) is 8.18. The van der Waals surface area contributed by atoms with Crippen LogP contribution < -0.4 is 4.74 Å². The van der Waals surface area contributed by atoms with Crippen LogP contribution >= 0.6 is 11.6 Å². The molecule has 0 aliphatic carbocycles. The predicted molar refractivity (Wildman–Crippen MR) is 86.3 cm³/mol. The minimum absolute atomic E-state index is 0.151. The zero-order chi connectivity index (χ0) is 16.3. The van der Waals surface area contributed by atoms with Gasteiger partial charge in [0.05, 0.1) is 11.6 Å². The molecule has 2 rings (SSSR count). The Kier molecular flexibility index (Phi) is 5.19. The van der Waals surface area contributed by atoms with Gasteiger partial charge < -0.3 is 4.74 Å². The minimum atomic E-state index is -0.208. The predicted octanol–water partition coefficient (Wildman–Crippen LogP) is 3.93. The molecule has 1 heterocycles. The van der Waals surface area contributed by atoms with Crippen molar-refractivity contribution >= 4 is 17.5 Å². The highest BCUT2D eigenvalue weighted by Crippen LogP contribution is 2.28. The monoisotopic (exact) mass is 321 g/mol. The lowest BCUT2D eigenvalue weighted by atomic mass is 10.2. The number of carbonyl (C=O) groups excluding carboxylic acids is 1. The van der Waals surface area contributed by atoms with Gasteiger partial charge in [0.15, 0.2) is 5.82 Å². The lowest BCUT2D eigenvalue weighted by Crippen LogP contribution is -2.19. The second-order valence-electron chi connectivity index (χ2n) is 5.81. The number of aromatic nitrogens is 3. The van der Waals surface area contributed by atoms with E-state index in [1.54, 1.807) is 6.07 Å². The van der Waals surface area contributed by atoms with Gasteiger partial charge in [-0.2, -0.15) is 9.67 Å². The van der Waals surface area contributed by atoms with E-state index in [-0.39, 0.29) is 17.8 Å². The van der Waals surface area contributed by atoms with Crippen LogP contribution in [0, 0.1) is 11.8 Å². The standard InChI is InChI=1S/C16H20ClN3O2/c1-10(2)9-22-16-18-14(12-7-5-6-8-13(12)17)20(19-16)15(21)11(3)4/h5-8,10-11H,9H2,1-4H3. The smallest absolute Gasteiger partial charge is 0.336 e. The van der Waals surface area contributed by atoms with Gasteiger partial charge in [0.25, 0.3) is 5.91 Å². The van der Waals surface area contributed by atoms with E-state index in [4.69, 9.17) is 16.3 Å². The Morgan fingerprint density at radius 2 is 1.95 bits per heavy atom. The van der Waals surface area contributed by atoms with E-state index in [1.165, 1.54) is 4.68 Å². The van der Waals surface area contributed by atoms with E-state index in [0.717, 1.165) is 0 Å². The highest BCUT2D eigenvalue weighted by atomic mass is 35.5. The van der Waals surface area contributed by atoms with Crippen LogP contribution in [0.1, 0.15) is 32.5 Å². The van der Waals surface area contributed by atoms with Crippen molar-refractivity contribution in [1.29, 1.82) is 0 Å². The number of hydrogen-bond acceptors (Lipinski definition) is 4. The summed E-state index contributed by atoms with van der Waals surface area (Å²) in [6, 6.07) is 7.42. The summed E-state index contributed by atoms with van der Waals surface area (Å²) in [5.74, 6) is 0.391. The Morgan fingerprint density at radius 1 is 1.27 bits per heavy atom. The van der Waals surface area contributed by atoms with Crippen molar-refractivity contribution in [2.45, 2.75) is 27.7 Å². The van der Waals surface area contributed by atoms with Crippen LogP contribution in [0.5, 0.6) is 6.01 Å². The van der Waals surface area contributed by atoms with Crippen LogP contribution in [-0.4, -0.2) is 27.3 Å². The zero-order valence-electron chi connectivity index (χ0n) is 13.2. The van der Waals surface area contributed by atoms with Gasteiger partial charge in [0, 0.05) is 11.5 Å². The van der Waals surface area contributed by atoms with E-state index in [2.05, 4.69) is 10.1 Å². The maximum atomic E-state index is 12.4. The highest BCUT2D eigenvalue weighted by Gasteiger charge is 2.22. The molecule has 1 aromatic heterocycles. The summed E-state index contributed by atoms with van der Waals surface area (Å²) in [5, 5.41) is 4.71. The van der Waals surface area contributed by atoms with Crippen molar-refractivity contribution in [2.75, 3.05) is 6.61 Å². The van der Waals surface area contributed by atoms with Gasteiger partial charge in [-0.15, -0.1) is 5.10 Å². The Morgan fingerprint density at radius 3 is 2.55 bits per heavy atom. The second kappa shape index (κ2) is 6.92. The molecule has 0 aliphatic rings. The summed E-state index contributed by atoms with van der Waals surface area (Å²) in [6.07, 6.45) is 0. The summed E-state index contributed by atoms with van der Waals surface area (Å²) in [4.78, 5) is 16.7. The fourth-order valence-electron chi connectivity index (χ4n) is 1.81. The van der Waals surface area contributed by atoms with Gasteiger partial charge in [0.2, 0.25) is 0 Å². The summed E-state index contributed by atoms with van der Waals surface area (Å²) < 4.78 is 6.82. The van der Waals surface area contributed by atoms with Crippen LogP contribution in [-0.2, 0) is 0 Å². The summed E-state index contributed by atoms with van der Waals surface area (Å²) in [5.41, 5.74) is 0.657. The second-order valence-corrected chi connectivity index (χ2v) is 6.21. The maximum absolute atomic E-state index is 12.4. The number of hydrogen-bond donors (Lipinski definition) is 0. The van der Waals surface area contributed by atoms with E-state index in [9.17, 15) is 4.79 Å². The van der Waals surface area contributed by atoms with Crippen LogP contribution in [0.4, 0.5) is 0 Å². The first kappa shape index (κ1) is 16.5. The van der Waals surface area contributed by atoms with Crippen molar-refractivity contribution in [3.8, 4) is 17.4 Å². The third kappa shape index (κ3) is 3.65.